The summed E-state index contributed by atoms with van der Waals surface area (Å²) in [6.45, 7) is 3.73. The summed E-state index contributed by atoms with van der Waals surface area (Å²) < 4.78 is 12.1. The van der Waals surface area contributed by atoms with Gasteiger partial charge in [0.1, 0.15) is 12.4 Å². The van der Waals surface area contributed by atoms with Crippen LogP contribution in [0.25, 0.3) is 16.8 Å². The van der Waals surface area contributed by atoms with Crippen molar-refractivity contribution >= 4 is 6.09 Å². The second-order valence-electron chi connectivity index (χ2n) is 6.64. The molecule has 3 rings (SSSR count). The predicted molar refractivity (Wildman–Crippen MR) is 106 cm³/mol. The molecule has 2 N–H and O–H groups in total. The van der Waals surface area contributed by atoms with Crippen molar-refractivity contribution < 1.29 is 19.4 Å². The number of aliphatic hydroxyl groups is 1. The van der Waals surface area contributed by atoms with E-state index >= 15 is 0 Å². The van der Waals surface area contributed by atoms with Crippen LogP contribution >= 0.6 is 0 Å². The van der Waals surface area contributed by atoms with Crippen LogP contribution in [0.2, 0.25) is 0 Å². The van der Waals surface area contributed by atoms with Crippen molar-refractivity contribution in [3.8, 4) is 22.6 Å². The van der Waals surface area contributed by atoms with Gasteiger partial charge in [0.25, 0.3) is 0 Å². The van der Waals surface area contributed by atoms with Crippen molar-refractivity contribution in [2.75, 3.05) is 13.7 Å². The topological polar surface area (TPSA) is 111 Å². The Bertz CT molecular complexity index is 971. The number of nitrogens with zero attached hydrogens (tertiary/aromatic N) is 4. The summed E-state index contributed by atoms with van der Waals surface area (Å²) in [4.78, 5) is 12.1. The molecule has 1 atom stereocenters. The summed E-state index contributed by atoms with van der Waals surface area (Å²) in [6.07, 6.45) is -0.660. The van der Waals surface area contributed by atoms with Crippen LogP contribution in [0.4, 0.5) is 4.79 Å². The maximum absolute atomic E-state index is 12.1. The van der Waals surface area contributed by atoms with E-state index < -0.39 is 12.1 Å². The van der Waals surface area contributed by atoms with Crippen molar-refractivity contribution in [2.45, 2.75) is 26.5 Å². The van der Waals surface area contributed by atoms with Crippen LogP contribution < -0.4 is 10.1 Å². The Hall–Kier alpha value is -3.30. The molecule has 0 spiro atoms. The van der Waals surface area contributed by atoms with Gasteiger partial charge in [-0.25, -0.2) is 4.79 Å². The molecular formula is C20H23N5O4. The van der Waals surface area contributed by atoms with Crippen molar-refractivity contribution in [1.29, 1.82) is 0 Å². The second kappa shape index (κ2) is 9.26. The van der Waals surface area contributed by atoms with E-state index in [-0.39, 0.29) is 13.2 Å². The van der Waals surface area contributed by atoms with Gasteiger partial charge in [-0.15, -0.1) is 5.10 Å². The molecule has 0 aliphatic rings. The van der Waals surface area contributed by atoms with Crippen LogP contribution in [0.5, 0.6) is 5.75 Å². The fourth-order valence-corrected chi connectivity index (χ4v) is 2.69. The Morgan fingerprint density at radius 1 is 1.21 bits per heavy atom. The summed E-state index contributed by atoms with van der Waals surface area (Å²) in [5.74, 6) is 0.831. The predicted octanol–water partition coefficient (Wildman–Crippen LogP) is 2.25. The summed E-state index contributed by atoms with van der Waals surface area (Å²) in [6, 6.07) is 12.9. The number of methoxy groups -OCH3 is 1. The quantitative estimate of drug-likeness (QED) is 0.629. The summed E-state index contributed by atoms with van der Waals surface area (Å²) in [5, 5.41) is 23.4. The van der Waals surface area contributed by atoms with E-state index in [0.29, 0.717) is 17.3 Å². The third kappa shape index (κ3) is 5.15. The molecule has 1 amide bonds. The average molecular weight is 397 g/mol. The minimum Gasteiger partial charge on any atom is -0.410 e. The molecule has 2 aromatic carbocycles. The number of ether oxygens (including phenoxy) is 2. The first-order chi connectivity index (χ1) is 14.0. The maximum atomic E-state index is 12.1. The zero-order chi connectivity index (χ0) is 20.8. The first kappa shape index (κ1) is 20.4. The first-order valence-electron chi connectivity index (χ1n) is 9.08. The van der Waals surface area contributed by atoms with Gasteiger partial charge in [0.15, 0.2) is 5.82 Å². The van der Waals surface area contributed by atoms with Gasteiger partial charge in [-0.3, -0.25) is 0 Å². The molecule has 1 heterocycles. The number of carbonyl (C=O) groups excluding carboxylic acids is 1. The highest BCUT2D eigenvalue weighted by Crippen LogP contribution is 2.28. The third-order valence-electron chi connectivity index (χ3n) is 4.18. The number of hydrogen-bond donors (Lipinski definition) is 2. The van der Waals surface area contributed by atoms with E-state index in [2.05, 4.69) is 20.8 Å². The molecule has 1 aromatic heterocycles. The molecule has 0 aliphatic carbocycles. The number of hydrogen-bond acceptors (Lipinski definition) is 7. The molecule has 0 saturated heterocycles. The van der Waals surface area contributed by atoms with E-state index in [0.717, 1.165) is 16.7 Å². The molecule has 0 bridgehead atoms. The lowest BCUT2D eigenvalue weighted by Crippen LogP contribution is -2.37. The zero-order valence-corrected chi connectivity index (χ0v) is 16.5. The zero-order valence-electron chi connectivity index (χ0n) is 16.5. The normalized spacial score (nSPS) is 11.9. The number of benzene rings is 2. The summed E-state index contributed by atoms with van der Waals surface area (Å²) >= 11 is 0. The minimum absolute atomic E-state index is 0.186. The monoisotopic (exact) mass is 397 g/mol. The minimum atomic E-state index is -0.660. The van der Waals surface area contributed by atoms with Gasteiger partial charge in [0.2, 0.25) is 0 Å². The van der Waals surface area contributed by atoms with Gasteiger partial charge >= 0.3 is 6.09 Å². The third-order valence-corrected chi connectivity index (χ3v) is 4.18. The summed E-state index contributed by atoms with van der Waals surface area (Å²) in [5.41, 5.74) is 3.55. The number of aryl methyl sites for hydroxylation is 1. The van der Waals surface area contributed by atoms with Gasteiger partial charge in [-0.05, 0) is 47.5 Å². The standard InChI is InChI=1S/C20H23N5O4/c1-13-4-6-15(7-5-13)16-8-17(25-19(12-28-3)22-23-24-25)10-18(9-16)29-20(27)21-14(2)11-26/h4-10,14,26H,11-12H2,1-3H3,(H,21,27). The van der Waals surface area contributed by atoms with Crippen LogP contribution in [-0.4, -0.2) is 51.2 Å². The highest BCUT2D eigenvalue weighted by molar-refractivity contribution is 5.74. The highest BCUT2D eigenvalue weighted by atomic mass is 16.6. The smallest absolute Gasteiger partial charge is 0.410 e. The molecule has 29 heavy (non-hydrogen) atoms. The Morgan fingerprint density at radius 3 is 2.66 bits per heavy atom. The van der Waals surface area contributed by atoms with Gasteiger partial charge in [0.05, 0.1) is 18.3 Å². The van der Waals surface area contributed by atoms with Crippen molar-refractivity contribution in [3.63, 3.8) is 0 Å². The Morgan fingerprint density at radius 2 is 1.97 bits per heavy atom. The molecule has 0 fully saturated rings. The van der Waals surface area contributed by atoms with Crippen LogP contribution in [-0.2, 0) is 11.3 Å². The lowest BCUT2D eigenvalue weighted by atomic mass is 10.0. The number of aromatic nitrogens is 4. The fraction of sp³-hybridized carbons (Fsp3) is 0.300. The molecule has 0 radical (unpaired) electrons. The van der Waals surface area contributed by atoms with Gasteiger partial charge in [0, 0.05) is 13.2 Å². The van der Waals surface area contributed by atoms with E-state index in [1.165, 1.54) is 4.68 Å². The molecule has 9 heteroatoms. The van der Waals surface area contributed by atoms with Crippen molar-refractivity contribution in [1.82, 2.24) is 25.5 Å². The number of tetrazole rings is 1. The number of nitrogens with one attached hydrogen (secondary N) is 1. The molecule has 0 aliphatic heterocycles. The van der Waals surface area contributed by atoms with E-state index in [4.69, 9.17) is 14.6 Å². The lowest BCUT2D eigenvalue weighted by molar-refractivity contribution is 0.175. The van der Waals surface area contributed by atoms with Gasteiger partial charge in [-0.1, -0.05) is 29.8 Å². The molecule has 3 aromatic rings. The van der Waals surface area contributed by atoms with Crippen molar-refractivity contribution in [2.24, 2.45) is 0 Å². The molecule has 0 saturated carbocycles. The lowest BCUT2D eigenvalue weighted by Gasteiger charge is -2.14. The van der Waals surface area contributed by atoms with E-state index in [1.54, 1.807) is 26.2 Å². The average Bonchev–Trinajstić information content (AvgIpc) is 3.16. The van der Waals surface area contributed by atoms with Gasteiger partial charge < -0.3 is 19.9 Å². The Kier molecular flexibility index (Phi) is 6.53. The maximum Gasteiger partial charge on any atom is 0.412 e. The Balaban J connectivity index is 2.01. The van der Waals surface area contributed by atoms with Gasteiger partial charge in [-0.2, -0.15) is 4.68 Å². The SMILES string of the molecule is COCc1nnnn1-c1cc(OC(=O)NC(C)CO)cc(-c2ccc(C)cc2)c1. The van der Waals surface area contributed by atoms with E-state index in [1.807, 2.05) is 37.3 Å². The number of amides is 1. The van der Waals surface area contributed by atoms with Crippen LogP contribution in [0.3, 0.4) is 0 Å². The number of carbonyl (C=O) groups is 1. The molecule has 1 unspecified atom stereocenters. The van der Waals surface area contributed by atoms with Crippen LogP contribution in [0.15, 0.2) is 42.5 Å². The summed E-state index contributed by atoms with van der Waals surface area (Å²) in [7, 11) is 1.56. The second-order valence-corrected chi connectivity index (χ2v) is 6.64. The Labute approximate surface area is 168 Å². The largest absolute Gasteiger partial charge is 0.412 e. The van der Waals surface area contributed by atoms with Crippen molar-refractivity contribution in [3.05, 3.63) is 53.9 Å². The first-order valence-corrected chi connectivity index (χ1v) is 9.08. The van der Waals surface area contributed by atoms with Crippen LogP contribution in [0, 0.1) is 6.92 Å². The molecule has 9 nitrogen and oxygen atoms in total. The molecule has 152 valence electrons. The number of aliphatic hydroxyl groups excluding tert-OH is 1. The van der Waals surface area contributed by atoms with E-state index in [9.17, 15) is 4.79 Å². The van der Waals surface area contributed by atoms with Crippen LogP contribution in [0.1, 0.15) is 18.3 Å². The number of rotatable bonds is 7. The highest BCUT2D eigenvalue weighted by Gasteiger charge is 2.14. The fourth-order valence-electron chi connectivity index (χ4n) is 2.69. The molecular weight excluding hydrogens is 374 g/mol.